The third kappa shape index (κ3) is 5.33. The molecule has 140 valence electrons. The lowest BCUT2D eigenvalue weighted by molar-refractivity contribution is -0.140. The summed E-state index contributed by atoms with van der Waals surface area (Å²) in [6, 6.07) is 3.56. The van der Waals surface area contributed by atoms with Gasteiger partial charge in [-0.15, -0.1) is 0 Å². The van der Waals surface area contributed by atoms with Crippen LogP contribution in [0.5, 0.6) is 0 Å². The van der Waals surface area contributed by atoms with Crippen LogP contribution >= 0.6 is 0 Å². The fraction of sp³-hybridized carbons (Fsp3) is 0.684. The fourth-order valence-corrected chi connectivity index (χ4v) is 3.23. The molecule has 0 aromatic carbocycles. The van der Waals surface area contributed by atoms with Crippen LogP contribution in [0.3, 0.4) is 0 Å². The summed E-state index contributed by atoms with van der Waals surface area (Å²) in [4.78, 5) is 29.1. The second kappa shape index (κ2) is 9.04. The van der Waals surface area contributed by atoms with Gasteiger partial charge in [0.1, 0.15) is 11.5 Å². The van der Waals surface area contributed by atoms with Crippen LogP contribution in [0.25, 0.3) is 0 Å². The van der Waals surface area contributed by atoms with Gasteiger partial charge in [0.05, 0.1) is 19.0 Å². The van der Waals surface area contributed by atoms with E-state index in [-0.39, 0.29) is 24.3 Å². The van der Waals surface area contributed by atoms with Crippen LogP contribution in [0, 0.1) is 6.92 Å². The lowest BCUT2D eigenvalue weighted by atomic mass is 10.1. The minimum Gasteiger partial charge on any atom is -0.465 e. The number of carbonyl (C=O) groups is 2. The number of nitrogens with one attached hydrogen (secondary N) is 1. The number of rotatable bonds is 8. The highest BCUT2D eigenvalue weighted by Gasteiger charge is 2.33. The number of hydrogen-bond acceptors (Lipinski definition) is 4. The topological polar surface area (TPSA) is 65.8 Å². The van der Waals surface area contributed by atoms with Gasteiger partial charge in [0.2, 0.25) is 11.8 Å². The Kier molecular flexibility index (Phi) is 7.05. The molecule has 6 nitrogen and oxygen atoms in total. The quantitative estimate of drug-likeness (QED) is 0.782. The Balaban J connectivity index is 2.06. The van der Waals surface area contributed by atoms with Gasteiger partial charge in [-0.05, 0) is 39.3 Å². The summed E-state index contributed by atoms with van der Waals surface area (Å²) in [5.41, 5.74) is 0. The Morgan fingerprint density at radius 3 is 2.80 bits per heavy atom. The number of hydrogen-bond donors (Lipinski definition) is 1. The van der Waals surface area contributed by atoms with Crippen LogP contribution in [0.1, 0.15) is 51.6 Å². The van der Waals surface area contributed by atoms with E-state index < -0.39 is 6.04 Å². The molecule has 2 amide bonds. The Bertz CT molecular complexity index is 582. The third-order valence-corrected chi connectivity index (χ3v) is 4.66. The first-order valence-electron chi connectivity index (χ1n) is 9.29. The first-order valence-corrected chi connectivity index (χ1v) is 9.29. The molecule has 1 unspecified atom stereocenters. The maximum absolute atomic E-state index is 12.8. The highest BCUT2D eigenvalue weighted by molar-refractivity contribution is 5.89. The monoisotopic (exact) mass is 349 g/mol. The van der Waals surface area contributed by atoms with Gasteiger partial charge < -0.3 is 14.6 Å². The van der Waals surface area contributed by atoms with Crippen molar-refractivity contribution in [2.75, 3.05) is 19.6 Å². The maximum Gasteiger partial charge on any atom is 0.237 e. The summed E-state index contributed by atoms with van der Waals surface area (Å²) >= 11 is 0. The molecule has 0 aliphatic carbocycles. The number of nitrogens with zero attached hydrogens (tertiary/aromatic N) is 2. The van der Waals surface area contributed by atoms with E-state index in [0.29, 0.717) is 13.1 Å². The van der Waals surface area contributed by atoms with Crippen molar-refractivity contribution in [3.8, 4) is 0 Å². The molecule has 0 spiro atoms. The van der Waals surface area contributed by atoms with Crippen LogP contribution in [-0.2, 0) is 16.1 Å². The van der Waals surface area contributed by atoms with Gasteiger partial charge in [-0.3, -0.25) is 14.5 Å². The average Bonchev–Trinajstić information content (AvgIpc) is 2.96. The van der Waals surface area contributed by atoms with Crippen molar-refractivity contribution >= 4 is 11.8 Å². The molecule has 2 rings (SSSR count). The second-order valence-electron chi connectivity index (χ2n) is 7.03. The SMILES string of the molecule is CCCCN(C(=O)CC1C(=O)NCCN1Cc1ccc(C)o1)C(C)C. The molecule has 1 aliphatic rings. The molecule has 1 atom stereocenters. The second-order valence-corrected chi connectivity index (χ2v) is 7.03. The van der Waals surface area contributed by atoms with Gasteiger partial charge in [-0.1, -0.05) is 13.3 Å². The minimum atomic E-state index is -0.436. The first-order chi connectivity index (χ1) is 11.9. The predicted octanol–water partition coefficient (Wildman–Crippen LogP) is 2.32. The molecule has 0 radical (unpaired) electrons. The van der Waals surface area contributed by atoms with Crippen LogP contribution in [0.2, 0.25) is 0 Å². The molecule has 2 heterocycles. The van der Waals surface area contributed by atoms with Crippen molar-refractivity contribution in [3.63, 3.8) is 0 Å². The van der Waals surface area contributed by atoms with Crippen LogP contribution in [-0.4, -0.2) is 53.3 Å². The minimum absolute atomic E-state index is 0.0473. The largest absolute Gasteiger partial charge is 0.465 e. The number of amides is 2. The van der Waals surface area contributed by atoms with Gasteiger partial charge in [0, 0.05) is 25.7 Å². The molecule has 6 heteroatoms. The Morgan fingerprint density at radius 2 is 2.20 bits per heavy atom. The van der Waals surface area contributed by atoms with E-state index in [1.54, 1.807) is 0 Å². The molecule has 1 aromatic rings. The van der Waals surface area contributed by atoms with Crippen molar-refractivity contribution in [2.24, 2.45) is 0 Å². The highest BCUT2D eigenvalue weighted by Crippen LogP contribution is 2.17. The van der Waals surface area contributed by atoms with Crippen LogP contribution in [0.15, 0.2) is 16.5 Å². The molecule has 0 saturated carbocycles. The summed E-state index contributed by atoms with van der Waals surface area (Å²) in [6.45, 7) is 10.7. The third-order valence-electron chi connectivity index (χ3n) is 4.66. The van der Waals surface area contributed by atoms with Gasteiger partial charge in [0.25, 0.3) is 0 Å². The number of carbonyl (C=O) groups excluding carboxylic acids is 2. The van der Waals surface area contributed by atoms with E-state index in [4.69, 9.17) is 4.42 Å². The van der Waals surface area contributed by atoms with Crippen molar-refractivity contribution in [2.45, 2.75) is 65.6 Å². The number of unbranched alkanes of at least 4 members (excludes halogenated alkanes) is 1. The smallest absolute Gasteiger partial charge is 0.237 e. The fourth-order valence-electron chi connectivity index (χ4n) is 3.23. The van der Waals surface area contributed by atoms with E-state index in [2.05, 4.69) is 12.2 Å². The number of aryl methyl sites for hydroxylation is 1. The van der Waals surface area contributed by atoms with Crippen molar-refractivity contribution in [3.05, 3.63) is 23.7 Å². The van der Waals surface area contributed by atoms with E-state index in [9.17, 15) is 9.59 Å². The van der Waals surface area contributed by atoms with Gasteiger partial charge >= 0.3 is 0 Å². The zero-order chi connectivity index (χ0) is 18.4. The van der Waals surface area contributed by atoms with Crippen LogP contribution < -0.4 is 5.32 Å². The highest BCUT2D eigenvalue weighted by atomic mass is 16.3. The zero-order valence-electron chi connectivity index (χ0n) is 15.9. The van der Waals surface area contributed by atoms with E-state index in [0.717, 1.165) is 37.5 Å². The van der Waals surface area contributed by atoms with Crippen molar-refractivity contribution < 1.29 is 14.0 Å². The standard InChI is InChI=1S/C19H31N3O3/c1-5-6-10-22(14(2)3)18(23)12-17-19(24)20-9-11-21(17)13-16-8-7-15(4)25-16/h7-8,14,17H,5-6,9-13H2,1-4H3,(H,20,24). The van der Waals surface area contributed by atoms with E-state index in [1.165, 1.54) is 0 Å². The maximum atomic E-state index is 12.8. The molecular weight excluding hydrogens is 318 g/mol. The van der Waals surface area contributed by atoms with E-state index >= 15 is 0 Å². The molecule has 25 heavy (non-hydrogen) atoms. The average molecular weight is 349 g/mol. The molecule has 1 fully saturated rings. The molecule has 1 saturated heterocycles. The molecular formula is C19H31N3O3. The Hall–Kier alpha value is -1.82. The number of piperazine rings is 1. The van der Waals surface area contributed by atoms with Crippen molar-refractivity contribution in [1.29, 1.82) is 0 Å². The van der Waals surface area contributed by atoms with Gasteiger partial charge in [0.15, 0.2) is 0 Å². The summed E-state index contributed by atoms with van der Waals surface area (Å²) in [6.07, 6.45) is 2.24. The van der Waals surface area contributed by atoms with Crippen LogP contribution in [0.4, 0.5) is 0 Å². The summed E-state index contributed by atoms with van der Waals surface area (Å²) in [5.74, 6) is 1.67. The summed E-state index contributed by atoms with van der Waals surface area (Å²) in [7, 11) is 0. The van der Waals surface area contributed by atoms with Crippen molar-refractivity contribution in [1.82, 2.24) is 15.1 Å². The molecule has 1 aliphatic heterocycles. The normalized spacial score (nSPS) is 18.4. The molecule has 0 bridgehead atoms. The lowest BCUT2D eigenvalue weighted by Crippen LogP contribution is -2.56. The molecule has 1 N–H and O–H groups in total. The van der Waals surface area contributed by atoms with Gasteiger partial charge in [-0.2, -0.15) is 0 Å². The summed E-state index contributed by atoms with van der Waals surface area (Å²) < 4.78 is 5.64. The zero-order valence-corrected chi connectivity index (χ0v) is 15.9. The first kappa shape index (κ1) is 19.5. The predicted molar refractivity (Wildman–Crippen MR) is 97.0 cm³/mol. The molecule has 1 aromatic heterocycles. The van der Waals surface area contributed by atoms with E-state index in [1.807, 2.05) is 42.7 Å². The Morgan fingerprint density at radius 1 is 1.44 bits per heavy atom. The number of furan rings is 1. The lowest BCUT2D eigenvalue weighted by Gasteiger charge is -2.36. The van der Waals surface area contributed by atoms with Gasteiger partial charge in [-0.25, -0.2) is 0 Å². The summed E-state index contributed by atoms with van der Waals surface area (Å²) in [5, 5.41) is 2.89. The Labute approximate surface area is 150 Å².